The molecule has 0 aromatic carbocycles. The van der Waals surface area contributed by atoms with E-state index in [9.17, 15) is 24.3 Å². The number of aliphatic hydroxyl groups excluding tert-OH is 1. The summed E-state index contributed by atoms with van der Waals surface area (Å²) in [7, 11) is 1.53. The zero-order chi connectivity index (χ0) is 36.0. The van der Waals surface area contributed by atoms with Crippen molar-refractivity contribution in [1.82, 2.24) is 31.0 Å². The van der Waals surface area contributed by atoms with Gasteiger partial charge in [-0.3, -0.25) is 23.9 Å². The third-order valence-corrected chi connectivity index (χ3v) is 8.35. The second kappa shape index (κ2) is 20.4. The number of rotatable bonds is 21. The fourth-order valence-electron chi connectivity index (χ4n) is 5.41. The smallest absolute Gasteiger partial charge is 0.242 e. The number of aliphatic hydroxyl groups is 1. The average molecular weight is 665 g/mol. The molecule has 0 fully saturated rings. The Balaban J connectivity index is 3.04. The third kappa shape index (κ3) is 14.8. The minimum absolute atomic E-state index is 0.00948. The highest BCUT2D eigenvalue weighted by Crippen LogP contribution is 2.19. The highest BCUT2D eigenvalue weighted by atomic mass is 16.5. The number of amides is 4. The number of carbonyl (C=O) groups is 4. The number of hydrogen-bond acceptors (Lipinski definition) is 7. The van der Waals surface area contributed by atoms with E-state index in [1.165, 1.54) is 7.11 Å². The maximum atomic E-state index is 13.7. The first-order valence-electron chi connectivity index (χ1n) is 17.2. The van der Waals surface area contributed by atoms with Gasteiger partial charge in [-0.15, -0.1) is 0 Å². The number of ether oxygens (including phenoxy) is 1. The van der Waals surface area contributed by atoms with Crippen LogP contribution in [0.3, 0.4) is 0 Å². The van der Waals surface area contributed by atoms with Gasteiger partial charge in [0.15, 0.2) is 0 Å². The van der Waals surface area contributed by atoms with Gasteiger partial charge in [-0.05, 0) is 62.8 Å². The van der Waals surface area contributed by atoms with E-state index in [1.807, 2.05) is 80.0 Å². The van der Waals surface area contributed by atoms with E-state index in [-0.39, 0.29) is 60.8 Å². The fourth-order valence-corrected chi connectivity index (χ4v) is 5.41. The van der Waals surface area contributed by atoms with Crippen molar-refractivity contribution < 1.29 is 29.0 Å². The molecule has 1 unspecified atom stereocenters. The van der Waals surface area contributed by atoms with Gasteiger partial charge in [0.25, 0.3) is 0 Å². The van der Waals surface area contributed by atoms with E-state index in [2.05, 4.69) is 26.4 Å². The molecule has 1 heterocycles. The molecule has 47 heavy (non-hydrogen) atoms. The molecule has 270 valence electrons. The molecule has 4 amide bonds. The zero-order valence-electron chi connectivity index (χ0n) is 31.0. The van der Waals surface area contributed by atoms with Crippen LogP contribution in [0.25, 0.3) is 0 Å². The van der Waals surface area contributed by atoms with Crippen molar-refractivity contribution in [3.8, 4) is 0 Å². The maximum Gasteiger partial charge on any atom is 0.242 e. The molecular formula is C35H64N6O6. The van der Waals surface area contributed by atoms with Gasteiger partial charge >= 0.3 is 0 Å². The molecule has 12 nitrogen and oxygen atoms in total. The van der Waals surface area contributed by atoms with E-state index in [0.29, 0.717) is 19.5 Å². The van der Waals surface area contributed by atoms with E-state index in [0.717, 1.165) is 11.4 Å². The molecule has 0 saturated carbocycles. The topological polar surface area (TPSA) is 164 Å². The Morgan fingerprint density at radius 3 is 1.96 bits per heavy atom. The van der Waals surface area contributed by atoms with Crippen LogP contribution in [0.5, 0.6) is 0 Å². The fraction of sp³-hybridized carbons (Fsp3) is 0.800. The number of methoxy groups -OCH3 is 1. The number of hydrogen-bond donors (Lipinski definition) is 5. The summed E-state index contributed by atoms with van der Waals surface area (Å²) in [4.78, 5) is 53.2. The zero-order valence-corrected chi connectivity index (χ0v) is 31.0. The molecule has 0 radical (unpaired) electrons. The highest BCUT2D eigenvalue weighted by molar-refractivity contribution is 5.89. The summed E-state index contributed by atoms with van der Waals surface area (Å²) in [6.45, 7) is 22.3. The van der Waals surface area contributed by atoms with Crippen molar-refractivity contribution in [3.05, 3.63) is 17.5 Å². The van der Waals surface area contributed by atoms with Crippen LogP contribution in [0.15, 0.2) is 6.07 Å². The minimum atomic E-state index is -1.04. The summed E-state index contributed by atoms with van der Waals surface area (Å²) >= 11 is 0. The van der Waals surface area contributed by atoms with Crippen molar-refractivity contribution in [2.45, 2.75) is 126 Å². The second-order valence-electron chi connectivity index (χ2n) is 14.6. The van der Waals surface area contributed by atoms with Crippen LogP contribution >= 0.6 is 0 Å². The Bertz CT molecular complexity index is 1130. The Hall–Kier alpha value is -2.99. The molecule has 1 rings (SSSR count). The van der Waals surface area contributed by atoms with Crippen LogP contribution in [0.4, 0.5) is 0 Å². The molecule has 6 atom stereocenters. The van der Waals surface area contributed by atoms with E-state index < -0.39 is 42.0 Å². The lowest BCUT2D eigenvalue weighted by atomic mass is 9.91. The predicted octanol–water partition coefficient (Wildman–Crippen LogP) is 3.12. The molecule has 0 spiro atoms. The molecule has 1 aromatic rings. The molecule has 0 aliphatic carbocycles. The molecule has 0 aliphatic heterocycles. The quantitative estimate of drug-likeness (QED) is 0.135. The normalized spacial score (nSPS) is 15.7. The SMILES string of the molecule is COCC[C@H](NC(=O)C(Cn1nc(C)cc1C)C(C)C)C(=O)N[C@@H](CC(C)C)[C@@H](O)C[C@@H](C)C(=O)N[C@H](C(=O)NCC(C)C)C(C)C. The predicted molar refractivity (Wildman–Crippen MR) is 184 cm³/mol. The van der Waals surface area contributed by atoms with Gasteiger partial charge in [-0.2, -0.15) is 5.10 Å². The van der Waals surface area contributed by atoms with Crippen molar-refractivity contribution >= 4 is 23.6 Å². The monoisotopic (exact) mass is 664 g/mol. The standard InChI is InChI=1S/C35H64N6O6/c1-20(2)15-29(30(42)16-24(9)32(43)39-31(23(7)8)35(46)36-18-21(3)4)38-34(45)28(13-14-47-12)37-33(44)27(22(5)6)19-41-26(11)17-25(10)40-41/h17,20-24,27-31,42H,13-16,18-19H2,1-12H3,(H,36,46)(H,37,44)(H,38,45)(H,39,43)/t24-,27?,28+,29+,30+,31+/m1/s1. The highest BCUT2D eigenvalue weighted by Gasteiger charge is 2.33. The summed E-state index contributed by atoms with van der Waals surface area (Å²) in [6, 6.07) is -0.288. The number of carbonyl (C=O) groups excluding carboxylic acids is 4. The molecule has 0 bridgehead atoms. The van der Waals surface area contributed by atoms with Crippen LogP contribution < -0.4 is 21.3 Å². The van der Waals surface area contributed by atoms with Crippen LogP contribution in [-0.4, -0.2) is 83.0 Å². The van der Waals surface area contributed by atoms with Crippen molar-refractivity contribution in [1.29, 1.82) is 0 Å². The van der Waals surface area contributed by atoms with Crippen LogP contribution in [-0.2, 0) is 30.5 Å². The molecular weight excluding hydrogens is 600 g/mol. The lowest BCUT2D eigenvalue weighted by Crippen LogP contribution is -2.55. The van der Waals surface area contributed by atoms with Crippen molar-refractivity contribution in [3.63, 3.8) is 0 Å². The largest absolute Gasteiger partial charge is 0.391 e. The summed E-state index contributed by atoms with van der Waals surface area (Å²) in [5.74, 6) is -2.04. The second-order valence-corrected chi connectivity index (χ2v) is 14.6. The third-order valence-electron chi connectivity index (χ3n) is 8.35. The van der Waals surface area contributed by atoms with Gasteiger partial charge in [-0.25, -0.2) is 0 Å². The summed E-state index contributed by atoms with van der Waals surface area (Å²) in [5.41, 5.74) is 1.83. The Kier molecular flexibility index (Phi) is 18.2. The number of nitrogens with zero attached hydrogens (tertiary/aromatic N) is 2. The maximum absolute atomic E-state index is 13.7. The molecule has 0 aliphatic rings. The number of aromatic nitrogens is 2. The molecule has 1 aromatic heterocycles. The van der Waals surface area contributed by atoms with Crippen LogP contribution in [0.1, 0.15) is 93.0 Å². The van der Waals surface area contributed by atoms with Gasteiger partial charge < -0.3 is 31.1 Å². The van der Waals surface area contributed by atoms with Gasteiger partial charge in [0, 0.05) is 31.9 Å². The lowest BCUT2D eigenvalue weighted by molar-refractivity contribution is -0.134. The lowest BCUT2D eigenvalue weighted by Gasteiger charge is -2.30. The summed E-state index contributed by atoms with van der Waals surface area (Å²) in [5, 5.41) is 27.5. The number of aryl methyl sites for hydroxylation is 2. The summed E-state index contributed by atoms with van der Waals surface area (Å²) < 4.78 is 7.06. The summed E-state index contributed by atoms with van der Waals surface area (Å²) in [6.07, 6.45) is -0.250. The molecule has 5 N–H and O–H groups in total. The number of nitrogens with one attached hydrogen (secondary N) is 4. The first-order chi connectivity index (χ1) is 21.9. The van der Waals surface area contributed by atoms with Crippen LogP contribution in [0, 0.1) is 49.4 Å². The van der Waals surface area contributed by atoms with Crippen LogP contribution in [0.2, 0.25) is 0 Å². The van der Waals surface area contributed by atoms with Gasteiger partial charge in [0.05, 0.1) is 30.3 Å². The first kappa shape index (κ1) is 42.0. The van der Waals surface area contributed by atoms with E-state index in [4.69, 9.17) is 4.74 Å². The average Bonchev–Trinajstić information content (AvgIpc) is 3.29. The van der Waals surface area contributed by atoms with Gasteiger partial charge in [0.2, 0.25) is 23.6 Å². The Labute approximate surface area is 282 Å². The van der Waals surface area contributed by atoms with E-state index in [1.54, 1.807) is 6.92 Å². The van der Waals surface area contributed by atoms with Crippen molar-refractivity contribution in [2.24, 2.45) is 35.5 Å². The van der Waals surface area contributed by atoms with Gasteiger partial charge in [0.1, 0.15) is 12.1 Å². The van der Waals surface area contributed by atoms with Crippen molar-refractivity contribution in [2.75, 3.05) is 20.3 Å². The Morgan fingerprint density at radius 1 is 0.830 bits per heavy atom. The minimum Gasteiger partial charge on any atom is -0.391 e. The van der Waals surface area contributed by atoms with E-state index >= 15 is 0 Å². The van der Waals surface area contributed by atoms with Gasteiger partial charge in [-0.1, -0.05) is 62.3 Å². The molecule has 12 heteroatoms. The Morgan fingerprint density at radius 2 is 1.47 bits per heavy atom. The first-order valence-corrected chi connectivity index (χ1v) is 17.2. The molecule has 0 saturated heterocycles.